The van der Waals surface area contributed by atoms with Crippen molar-refractivity contribution in [3.63, 3.8) is 0 Å². The van der Waals surface area contributed by atoms with Crippen molar-refractivity contribution in [1.29, 1.82) is 0 Å². The van der Waals surface area contributed by atoms with Crippen LogP contribution >= 0.6 is 11.6 Å². The van der Waals surface area contributed by atoms with Crippen LogP contribution in [-0.2, 0) is 11.4 Å². The number of benzene rings is 1. The Hall–Kier alpha value is -0.770. The highest BCUT2D eigenvalue weighted by Crippen LogP contribution is 2.35. The van der Waals surface area contributed by atoms with Gasteiger partial charge in [-0.05, 0) is 43.0 Å². The van der Waals surface area contributed by atoms with E-state index in [1.165, 1.54) is 0 Å². The summed E-state index contributed by atoms with van der Waals surface area (Å²) >= 11 is 5.95. The van der Waals surface area contributed by atoms with Crippen molar-refractivity contribution in [2.75, 3.05) is 0 Å². The van der Waals surface area contributed by atoms with Gasteiger partial charge in [-0.25, -0.2) is 5.90 Å². The van der Waals surface area contributed by atoms with Crippen LogP contribution in [0, 0.1) is 20.8 Å². The Bertz CT molecular complexity index is 335. The van der Waals surface area contributed by atoms with Crippen molar-refractivity contribution in [2.45, 2.75) is 27.4 Å². The summed E-state index contributed by atoms with van der Waals surface area (Å²) < 4.78 is 0. The lowest BCUT2D eigenvalue weighted by molar-refractivity contribution is 0.123. The quantitative estimate of drug-likeness (QED) is 0.745. The lowest BCUT2D eigenvalue weighted by Crippen LogP contribution is -2.04. The van der Waals surface area contributed by atoms with E-state index in [1.807, 2.05) is 20.8 Å². The number of hydrogen-bond donors (Lipinski definition) is 2. The minimum absolute atomic E-state index is 0.141. The van der Waals surface area contributed by atoms with E-state index in [1.54, 1.807) is 0 Å². The molecule has 0 saturated carbocycles. The summed E-state index contributed by atoms with van der Waals surface area (Å²) in [6.07, 6.45) is 0. The Labute approximate surface area is 88.4 Å². The number of halogens is 1. The number of aromatic hydroxyl groups is 1. The van der Waals surface area contributed by atoms with Crippen molar-refractivity contribution in [3.8, 4) is 5.75 Å². The van der Waals surface area contributed by atoms with Crippen LogP contribution in [0.3, 0.4) is 0 Å². The highest BCUT2D eigenvalue weighted by Gasteiger charge is 2.14. The first-order valence-corrected chi connectivity index (χ1v) is 4.67. The smallest absolute Gasteiger partial charge is 0.137 e. The van der Waals surface area contributed by atoms with Crippen molar-refractivity contribution in [2.24, 2.45) is 5.90 Å². The third-order valence-corrected chi connectivity index (χ3v) is 3.05. The number of hydrogen-bond acceptors (Lipinski definition) is 3. The molecule has 1 aromatic carbocycles. The molecule has 14 heavy (non-hydrogen) atoms. The van der Waals surface area contributed by atoms with Crippen molar-refractivity contribution in [1.82, 2.24) is 0 Å². The van der Waals surface area contributed by atoms with Gasteiger partial charge in [-0.3, -0.25) is 4.84 Å². The van der Waals surface area contributed by atoms with Gasteiger partial charge in [0.05, 0.1) is 11.6 Å². The summed E-state index contributed by atoms with van der Waals surface area (Å²) in [5.41, 5.74) is 3.49. The molecular formula is C10H14ClNO2. The molecule has 78 valence electrons. The average Bonchev–Trinajstić information content (AvgIpc) is 2.19. The maximum atomic E-state index is 9.66. The molecule has 0 aliphatic heterocycles. The Balaban J connectivity index is 3.43. The molecule has 0 spiro atoms. The Morgan fingerprint density at radius 2 is 1.79 bits per heavy atom. The van der Waals surface area contributed by atoms with E-state index in [9.17, 15) is 5.11 Å². The average molecular weight is 216 g/mol. The summed E-state index contributed by atoms with van der Waals surface area (Å²) in [6.45, 7) is 5.87. The van der Waals surface area contributed by atoms with Gasteiger partial charge in [0.1, 0.15) is 5.75 Å². The zero-order valence-corrected chi connectivity index (χ0v) is 9.27. The van der Waals surface area contributed by atoms with Gasteiger partial charge in [-0.2, -0.15) is 0 Å². The maximum Gasteiger partial charge on any atom is 0.137 e. The van der Waals surface area contributed by atoms with E-state index in [0.29, 0.717) is 11.6 Å². The Morgan fingerprint density at radius 1 is 1.21 bits per heavy atom. The molecule has 0 aliphatic carbocycles. The van der Waals surface area contributed by atoms with Gasteiger partial charge in [0, 0.05) is 0 Å². The van der Waals surface area contributed by atoms with Gasteiger partial charge in [0.2, 0.25) is 0 Å². The minimum Gasteiger partial charge on any atom is -0.506 e. The molecule has 0 aromatic heterocycles. The standard InChI is InChI=1S/C10H14ClNO2/c1-5-6(2)10(13)9(11)7(3)8(5)4-14-12/h13H,4,12H2,1-3H3. The molecular weight excluding hydrogens is 202 g/mol. The molecule has 0 unspecified atom stereocenters. The minimum atomic E-state index is 0.141. The molecule has 1 rings (SSSR count). The summed E-state index contributed by atoms with van der Waals surface area (Å²) in [5, 5.41) is 10.0. The largest absolute Gasteiger partial charge is 0.506 e. The van der Waals surface area contributed by atoms with Crippen LogP contribution in [0.4, 0.5) is 0 Å². The van der Waals surface area contributed by atoms with E-state index >= 15 is 0 Å². The molecule has 0 radical (unpaired) electrons. The fourth-order valence-electron chi connectivity index (χ4n) is 1.46. The third kappa shape index (κ3) is 1.71. The van der Waals surface area contributed by atoms with Crippen LogP contribution in [0.25, 0.3) is 0 Å². The predicted octanol–water partition coefficient (Wildman–Crippen LogP) is 2.36. The summed E-state index contributed by atoms with van der Waals surface area (Å²) in [5.74, 6) is 5.17. The van der Waals surface area contributed by atoms with E-state index in [4.69, 9.17) is 17.5 Å². The Morgan fingerprint density at radius 3 is 2.29 bits per heavy atom. The first kappa shape index (κ1) is 11.3. The van der Waals surface area contributed by atoms with Gasteiger partial charge >= 0.3 is 0 Å². The molecule has 3 nitrogen and oxygen atoms in total. The summed E-state index contributed by atoms with van der Waals surface area (Å²) in [6, 6.07) is 0. The Kier molecular flexibility index (Phi) is 3.37. The van der Waals surface area contributed by atoms with Crippen LogP contribution in [0.2, 0.25) is 5.02 Å². The third-order valence-electron chi connectivity index (χ3n) is 2.59. The number of phenolic OH excluding ortho intramolecular Hbond substituents is 1. The molecule has 0 bridgehead atoms. The van der Waals surface area contributed by atoms with Crippen LogP contribution in [0.5, 0.6) is 5.75 Å². The first-order valence-electron chi connectivity index (χ1n) is 4.29. The lowest BCUT2D eigenvalue weighted by Gasteiger charge is -2.15. The maximum absolute atomic E-state index is 9.66. The van der Waals surface area contributed by atoms with Crippen LogP contribution < -0.4 is 5.90 Å². The normalized spacial score (nSPS) is 10.6. The molecule has 3 N–H and O–H groups in total. The van der Waals surface area contributed by atoms with Crippen LogP contribution in [-0.4, -0.2) is 5.11 Å². The van der Waals surface area contributed by atoms with Gasteiger partial charge in [0.25, 0.3) is 0 Å². The van der Waals surface area contributed by atoms with Crippen molar-refractivity contribution < 1.29 is 9.94 Å². The SMILES string of the molecule is Cc1c(C)c(CON)c(C)c(Cl)c1O. The molecule has 0 saturated heterocycles. The van der Waals surface area contributed by atoms with Crippen LogP contribution in [0.15, 0.2) is 0 Å². The zero-order valence-electron chi connectivity index (χ0n) is 8.52. The monoisotopic (exact) mass is 215 g/mol. The predicted molar refractivity (Wildman–Crippen MR) is 56.3 cm³/mol. The molecule has 0 fully saturated rings. The molecule has 1 aromatic rings. The van der Waals surface area contributed by atoms with Crippen molar-refractivity contribution >= 4 is 11.6 Å². The second-order valence-corrected chi connectivity index (χ2v) is 3.71. The first-order chi connectivity index (χ1) is 6.50. The number of nitrogens with two attached hydrogens (primary N) is 1. The summed E-state index contributed by atoms with van der Waals surface area (Å²) in [4.78, 5) is 4.60. The highest BCUT2D eigenvalue weighted by molar-refractivity contribution is 6.33. The summed E-state index contributed by atoms with van der Waals surface area (Å²) in [7, 11) is 0. The van der Waals surface area contributed by atoms with E-state index in [0.717, 1.165) is 22.3 Å². The fraction of sp³-hybridized carbons (Fsp3) is 0.400. The second kappa shape index (κ2) is 4.17. The molecule has 0 amide bonds. The topological polar surface area (TPSA) is 55.5 Å². The van der Waals surface area contributed by atoms with E-state index < -0.39 is 0 Å². The molecule has 0 atom stereocenters. The number of phenols is 1. The van der Waals surface area contributed by atoms with E-state index in [2.05, 4.69) is 4.84 Å². The van der Waals surface area contributed by atoms with Crippen molar-refractivity contribution in [3.05, 3.63) is 27.3 Å². The van der Waals surface area contributed by atoms with Gasteiger partial charge < -0.3 is 5.11 Å². The molecule has 4 heteroatoms. The molecule has 0 aliphatic rings. The zero-order chi connectivity index (χ0) is 10.9. The second-order valence-electron chi connectivity index (χ2n) is 3.33. The van der Waals surface area contributed by atoms with Gasteiger partial charge in [0.15, 0.2) is 0 Å². The fourth-order valence-corrected chi connectivity index (χ4v) is 1.72. The van der Waals surface area contributed by atoms with Gasteiger partial charge in [-0.15, -0.1) is 0 Å². The van der Waals surface area contributed by atoms with E-state index in [-0.39, 0.29) is 5.75 Å². The van der Waals surface area contributed by atoms with Crippen LogP contribution in [0.1, 0.15) is 22.3 Å². The molecule has 0 heterocycles. The number of rotatable bonds is 2. The highest BCUT2D eigenvalue weighted by atomic mass is 35.5. The lowest BCUT2D eigenvalue weighted by atomic mass is 9.98. The van der Waals surface area contributed by atoms with Gasteiger partial charge in [-0.1, -0.05) is 11.6 Å².